The fraction of sp³-hybridized carbons (Fsp3) is 0.409. The zero-order valence-corrected chi connectivity index (χ0v) is 21.1. The van der Waals surface area contributed by atoms with E-state index in [-0.39, 0.29) is 28.2 Å². The van der Waals surface area contributed by atoms with Crippen LogP contribution in [0.5, 0.6) is 11.5 Å². The molecule has 0 aliphatic carbocycles. The number of hydrogen-bond donors (Lipinski definition) is 0. The number of carbonyl (C=O) groups excluding carboxylic acids is 1. The van der Waals surface area contributed by atoms with Gasteiger partial charge in [-0.2, -0.15) is 13.2 Å². The van der Waals surface area contributed by atoms with Crippen LogP contribution in [0.15, 0.2) is 30.3 Å². The second kappa shape index (κ2) is 10.9. The highest BCUT2D eigenvalue weighted by Crippen LogP contribution is 2.39. The summed E-state index contributed by atoms with van der Waals surface area (Å²) in [5, 5.41) is 10.9. The maximum atomic E-state index is 12.9. The number of nitro groups is 1. The van der Waals surface area contributed by atoms with E-state index in [9.17, 15) is 32.6 Å². The van der Waals surface area contributed by atoms with Crippen LogP contribution in [0.3, 0.4) is 0 Å². The lowest BCUT2D eigenvalue weighted by molar-refractivity contribution is -0.383. The molecular weight excluding hydrogens is 514 g/mol. The van der Waals surface area contributed by atoms with Gasteiger partial charge >= 0.3 is 31.2 Å². The van der Waals surface area contributed by atoms with Gasteiger partial charge in [-0.15, -0.1) is 0 Å². The third-order valence-corrected chi connectivity index (χ3v) is 6.08. The van der Waals surface area contributed by atoms with Crippen molar-refractivity contribution in [2.75, 3.05) is 0 Å². The molecule has 2 atom stereocenters. The van der Waals surface area contributed by atoms with Crippen molar-refractivity contribution in [3.05, 3.63) is 56.6 Å². The van der Waals surface area contributed by atoms with Crippen molar-refractivity contribution in [1.82, 2.24) is 0 Å². The predicted octanol–water partition coefficient (Wildman–Crippen LogP) is 6.94. The van der Waals surface area contributed by atoms with Crippen LogP contribution in [-0.2, 0) is 31.2 Å². The average molecular weight is 537 g/mol. The van der Waals surface area contributed by atoms with Gasteiger partial charge in [-0.3, -0.25) is 14.9 Å². The maximum absolute atomic E-state index is 12.9. The Labute approximate surface area is 205 Å². The molecule has 35 heavy (non-hydrogen) atoms. The monoisotopic (exact) mass is 536 g/mol. The molecule has 2 aromatic carbocycles. The second-order valence-electron chi connectivity index (χ2n) is 8.39. The van der Waals surface area contributed by atoms with Gasteiger partial charge in [-0.1, -0.05) is 23.0 Å². The van der Waals surface area contributed by atoms with E-state index in [0.29, 0.717) is 11.6 Å². The van der Waals surface area contributed by atoms with Gasteiger partial charge < -0.3 is 9.47 Å². The van der Waals surface area contributed by atoms with Crippen LogP contribution in [0.4, 0.5) is 18.9 Å². The number of ether oxygens (including phenoxy) is 2. The van der Waals surface area contributed by atoms with Crippen molar-refractivity contribution in [3.8, 4) is 11.5 Å². The molecule has 13 heteroatoms. The lowest BCUT2D eigenvalue weighted by Crippen LogP contribution is -2.27. The van der Waals surface area contributed by atoms with Crippen molar-refractivity contribution < 1.29 is 41.5 Å². The molecule has 0 heterocycles. The van der Waals surface area contributed by atoms with Crippen LogP contribution in [0.2, 0.25) is 5.02 Å². The minimum absolute atomic E-state index is 0.0129. The summed E-state index contributed by atoms with van der Waals surface area (Å²) in [5.74, 6) is -0.788. The highest BCUT2D eigenvalue weighted by Gasteiger charge is 2.39. The Balaban J connectivity index is 2.42. The number of hydrogen-bond acceptors (Lipinski definition) is 7. The van der Waals surface area contributed by atoms with Gasteiger partial charge in [0.2, 0.25) is 0 Å². The lowest BCUT2D eigenvalue weighted by Gasteiger charge is -2.18. The number of alkyl halides is 3. The van der Waals surface area contributed by atoms with E-state index in [2.05, 4.69) is 0 Å². The first-order valence-corrected chi connectivity index (χ1v) is 11.8. The molecule has 0 fully saturated rings. The molecule has 0 amide bonds. The van der Waals surface area contributed by atoms with Crippen LogP contribution >= 0.6 is 19.6 Å². The molecule has 2 unspecified atom stereocenters. The number of aryl methyl sites for hydroxylation is 1. The minimum atomic E-state index is -4.61. The Kier molecular flexibility index (Phi) is 8.86. The fourth-order valence-corrected chi connectivity index (χ4v) is 3.89. The molecule has 0 aliphatic rings. The summed E-state index contributed by atoms with van der Waals surface area (Å²) in [6, 6.07) is 4.70. The second-order valence-corrected chi connectivity index (χ2v) is 10.0. The quantitative estimate of drug-likeness (QED) is 0.118. The summed E-state index contributed by atoms with van der Waals surface area (Å²) in [6.07, 6.45) is -5.66. The molecule has 2 rings (SSSR count). The van der Waals surface area contributed by atoms with Gasteiger partial charge in [0.1, 0.15) is 11.5 Å². The van der Waals surface area contributed by atoms with Crippen LogP contribution in [0.25, 0.3) is 0 Å². The zero-order valence-electron chi connectivity index (χ0n) is 19.4. The topological polar surface area (TPSA) is 105 Å². The SMILES string of the molecule is CCc1cc([N+](=O)[O-])c([P+](=O)OC(C)OC(=O)C(C)(C)C)cc1Oc1ccc(C(F)(F)F)cc1Cl. The summed E-state index contributed by atoms with van der Waals surface area (Å²) in [6.45, 7) is 7.79. The van der Waals surface area contributed by atoms with Gasteiger partial charge in [-0.05, 0) is 50.0 Å². The first kappa shape index (κ1) is 28.5. The smallest absolute Gasteiger partial charge is 0.455 e. The number of nitro benzene ring substituents is 1. The van der Waals surface area contributed by atoms with Gasteiger partial charge in [0.15, 0.2) is 0 Å². The van der Waals surface area contributed by atoms with Crippen LogP contribution in [0, 0.1) is 15.5 Å². The molecule has 8 nitrogen and oxygen atoms in total. The summed E-state index contributed by atoms with van der Waals surface area (Å²) in [4.78, 5) is 22.9. The van der Waals surface area contributed by atoms with E-state index in [1.807, 2.05) is 0 Å². The van der Waals surface area contributed by atoms with Gasteiger partial charge in [0.25, 0.3) is 6.29 Å². The lowest BCUT2D eigenvalue weighted by atomic mass is 9.97. The van der Waals surface area contributed by atoms with Gasteiger partial charge in [0, 0.05) is 24.6 Å². The highest BCUT2D eigenvalue weighted by atomic mass is 35.5. The van der Waals surface area contributed by atoms with E-state index in [1.165, 1.54) is 6.92 Å². The highest BCUT2D eigenvalue weighted by molar-refractivity contribution is 7.48. The first-order chi connectivity index (χ1) is 16.0. The Morgan fingerprint density at radius 3 is 2.29 bits per heavy atom. The van der Waals surface area contributed by atoms with Crippen molar-refractivity contribution in [3.63, 3.8) is 0 Å². The zero-order chi connectivity index (χ0) is 26.7. The standard InChI is InChI=1S/C22H23ClF3NO7P/c1-6-13-9-16(27(29)30)19(35(31)34-12(2)32-20(28)21(3,4)5)11-18(13)33-17-8-7-14(10-15(17)23)22(24,25)26/h7-12H,6H2,1-5H3/q+1. The van der Waals surface area contributed by atoms with Gasteiger partial charge in [0.05, 0.1) is 20.9 Å². The van der Waals surface area contributed by atoms with Crippen LogP contribution in [-0.4, -0.2) is 17.2 Å². The fourth-order valence-electron chi connectivity index (χ4n) is 2.68. The predicted molar refractivity (Wildman–Crippen MR) is 122 cm³/mol. The Morgan fingerprint density at radius 2 is 1.80 bits per heavy atom. The number of benzene rings is 2. The average Bonchev–Trinajstić information content (AvgIpc) is 2.72. The van der Waals surface area contributed by atoms with E-state index in [1.54, 1.807) is 27.7 Å². The van der Waals surface area contributed by atoms with E-state index in [0.717, 1.165) is 24.3 Å². The maximum Gasteiger partial charge on any atom is 0.560 e. The number of nitrogens with zero attached hydrogens (tertiary/aromatic N) is 1. The number of rotatable bonds is 8. The third kappa shape index (κ3) is 7.37. The minimum Gasteiger partial charge on any atom is -0.455 e. The van der Waals surface area contributed by atoms with Crippen LogP contribution < -0.4 is 10.0 Å². The third-order valence-electron chi connectivity index (χ3n) is 4.54. The van der Waals surface area contributed by atoms with Crippen molar-refractivity contribution in [1.29, 1.82) is 0 Å². The summed E-state index contributed by atoms with van der Waals surface area (Å²) < 4.78 is 67.5. The van der Waals surface area contributed by atoms with E-state index in [4.69, 9.17) is 25.6 Å². The molecule has 0 N–H and O–H groups in total. The molecule has 190 valence electrons. The van der Waals surface area contributed by atoms with E-state index >= 15 is 0 Å². The molecule has 0 bridgehead atoms. The van der Waals surface area contributed by atoms with E-state index < -0.39 is 48.1 Å². The van der Waals surface area contributed by atoms with Crippen molar-refractivity contribution >= 4 is 36.6 Å². The Morgan fingerprint density at radius 1 is 1.17 bits per heavy atom. The van der Waals surface area contributed by atoms with Crippen molar-refractivity contribution in [2.24, 2.45) is 5.41 Å². The molecule has 0 saturated carbocycles. The Bertz CT molecular complexity index is 1150. The van der Waals surface area contributed by atoms with Crippen molar-refractivity contribution in [2.45, 2.75) is 53.5 Å². The molecule has 2 aromatic rings. The van der Waals surface area contributed by atoms with Crippen LogP contribution in [0.1, 0.15) is 45.7 Å². The number of esters is 1. The van der Waals surface area contributed by atoms with Gasteiger partial charge in [-0.25, -0.2) is 0 Å². The summed E-state index contributed by atoms with van der Waals surface area (Å²) in [7, 11) is -2.90. The molecule has 0 aromatic heterocycles. The molecule has 0 radical (unpaired) electrons. The molecule has 0 aliphatic heterocycles. The Hall–Kier alpha value is -2.75. The largest absolute Gasteiger partial charge is 0.560 e. The summed E-state index contributed by atoms with van der Waals surface area (Å²) in [5.41, 5.74) is -2.06. The molecular formula is C22H23ClF3NO7P+. The molecule has 0 spiro atoms. The normalized spacial score (nSPS) is 13.2. The summed E-state index contributed by atoms with van der Waals surface area (Å²) >= 11 is 5.95. The number of carbonyl (C=O) groups is 1. The first-order valence-electron chi connectivity index (χ1n) is 10.3. The number of halogens is 4. The molecule has 0 saturated heterocycles.